The molecule has 0 fully saturated rings. The lowest BCUT2D eigenvalue weighted by molar-refractivity contribution is -0.384. The monoisotopic (exact) mass is 416 g/mol. The summed E-state index contributed by atoms with van der Waals surface area (Å²) in [6.07, 6.45) is -1.04. The number of hydrogen-bond donors (Lipinski definition) is 4. The van der Waals surface area contributed by atoms with Crippen LogP contribution in [0, 0.1) is 10.1 Å². The summed E-state index contributed by atoms with van der Waals surface area (Å²) < 4.78 is 0. The SMILES string of the molecule is CC(=O)Nc1ccc(N/C(=C2/c3cc([N+](=O)[O-])ccc3NC2O)c2ccccc2)cc1. The normalized spacial score (nSPS) is 16.1. The Morgan fingerprint density at radius 1 is 1.00 bits per heavy atom. The van der Waals surface area contributed by atoms with Gasteiger partial charge in [-0.2, -0.15) is 0 Å². The number of nitrogens with zero attached hydrogens (tertiary/aromatic N) is 1. The summed E-state index contributed by atoms with van der Waals surface area (Å²) in [7, 11) is 0. The van der Waals surface area contributed by atoms with E-state index in [0.717, 1.165) is 11.3 Å². The summed E-state index contributed by atoms with van der Waals surface area (Å²) in [5.74, 6) is -0.161. The van der Waals surface area contributed by atoms with E-state index in [1.165, 1.54) is 19.1 Å². The molecule has 31 heavy (non-hydrogen) atoms. The Kier molecular flexibility index (Phi) is 5.38. The maximum atomic E-state index is 11.3. The van der Waals surface area contributed by atoms with Crippen molar-refractivity contribution in [3.8, 4) is 0 Å². The molecule has 156 valence electrons. The van der Waals surface area contributed by atoms with Crippen LogP contribution in [-0.2, 0) is 4.79 Å². The van der Waals surface area contributed by atoms with Crippen LogP contribution in [0.1, 0.15) is 18.1 Å². The van der Waals surface area contributed by atoms with Crippen LogP contribution in [0.25, 0.3) is 11.3 Å². The smallest absolute Gasteiger partial charge is 0.270 e. The second-order valence-electron chi connectivity index (χ2n) is 7.07. The van der Waals surface area contributed by atoms with Crippen LogP contribution in [-0.4, -0.2) is 22.2 Å². The average Bonchev–Trinajstić information content (AvgIpc) is 3.08. The topological polar surface area (TPSA) is 117 Å². The molecule has 8 heteroatoms. The molecule has 1 amide bonds. The predicted molar refractivity (Wildman–Crippen MR) is 120 cm³/mol. The quantitative estimate of drug-likeness (QED) is 0.364. The van der Waals surface area contributed by atoms with Crippen LogP contribution in [0.4, 0.5) is 22.7 Å². The second-order valence-corrected chi connectivity index (χ2v) is 7.07. The molecule has 0 aromatic heterocycles. The zero-order valence-corrected chi connectivity index (χ0v) is 16.6. The molecule has 3 aromatic carbocycles. The van der Waals surface area contributed by atoms with E-state index in [-0.39, 0.29) is 11.6 Å². The lowest BCUT2D eigenvalue weighted by atomic mass is 9.99. The molecule has 4 N–H and O–H groups in total. The largest absolute Gasteiger partial charge is 0.369 e. The first-order valence-electron chi connectivity index (χ1n) is 9.60. The third kappa shape index (κ3) is 4.24. The Labute approximate surface area is 178 Å². The van der Waals surface area contributed by atoms with Gasteiger partial charge in [0.1, 0.15) is 0 Å². The fraction of sp³-hybridized carbons (Fsp3) is 0.0870. The molecule has 0 spiro atoms. The molecular weight excluding hydrogens is 396 g/mol. The van der Waals surface area contributed by atoms with Gasteiger partial charge in [-0.05, 0) is 35.9 Å². The van der Waals surface area contributed by atoms with E-state index in [0.29, 0.717) is 28.2 Å². The minimum atomic E-state index is -1.04. The molecule has 0 bridgehead atoms. The maximum absolute atomic E-state index is 11.3. The Morgan fingerprint density at radius 2 is 1.65 bits per heavy atom. The van der Waals surface area contributed by atoms with Crippen LogP contribution in [0.2, 0.25) is 0 Å². The van der Waals surface area contributed by atoms with Crippen molar-refractivity contribution < 1.29 is 14.8 Å². The lowest BCUT2D eigenvalue weighted by Gasteiger charge is -2.18. The summed E-state index contributed by atoms with van der Waals surface area (Å²) in [4.78, 5) is 22.1. The Morgan fingerprint density at radius 3 is 2.26 bits per heavy atom. The summed E-state index contributed by atoms with van der Waals surface area (Å²) in [5.41, 5.74) is 4.44. The molecule has 0 radical (unpaired) electrons. The summed E-state index contributed by atoms with van der Waals surface area (Å²) in [6.45, 7) is 1.44. The van der Waals surface area contributed by atoms with Crippen molar-refractivity contribution in [3.05, 3.63) is 94.0 Å². The summed E-state index contributed by atoms with van der Waals surface area (Å²) in [5, 5.41) is 31.1. The molecular formula is C23H20N4O4. The van der Waals surface area contributed by atoms with E-state index in [9.17, 15) is 20.0 Å². The number of hydrogen-bond acceptors (Lipinski definition) is 6. The zero-order valence-electron chi connectivity index (χ0n) is 16.6. The average molecular weight is 416 g/mol. The van der Waals surface area contributed by atoms with E-state index < -0.39 is 11.2 Å². The maximum Gasteiger partial charge on any atom is 0.270 e. The number of nitro groups is 1. The number of rotatable bonds is 5. The van der Waals surface area contributed by atoms with Gasteiger partial charge in [-0.25, -0.2) is 0 Å². The molecule has 3 aromatic rings. The molecule has 0 aliphatic carbocycles. The van der Waals surface area contributed by atoms with Gasteiger partial charge in [0.15, 0.2) is 6.23 Å². The molecule has 0 saturated heterocycles. The van der Waals surface area contributed by atoms with Crippen molar-refractivity contribution >= 4 is 39.9 Å². The van der Waals surface area contributed by atoms with Crippen molar-refractivity contribution in [2.24, 2.45) is 0 Å². The fourth-order valence-corrected chi connectivity index (χ4v) is 3.52. The number of nitrogens with one attached hydrogen (secondary N) is 3. The van der Waals surface area contributed by atoms with Crippen LogP contribution < -0.4 is 16.0 Å². The second kappa shape index (κ2) is 8.29. The van der Waals surface area contributed by atoms with Gasteiger partial charge in [-0.1, -0.05) is 30.3 Å². The highest BCUT2D eigenvalue weighted by molar-refractivity contribution is 6.03. The van der Waals surface area contributed by atoms with Crippen molar-refractivity contribution in [2.75, 3.05) is 16.0 Å². The van der Waals surface area contributed by atoms with Gasteiger partial charge in [0.2, 0.25) is 5.91 Å². The number of aliphatic hydroxyl groups excluding tert-OH is 1. The Hall–Kier alpha value is -4.17. The predicted octanol–water partition coefficient (Wildman–Crippen LogP) is 4.28. The van der Waals surface area contributed by atoms with Crippen LogP contribution in [0.15, 0.2) is 72.8 Å². The van der Waals surface area contributed by atoms with E-state index in [1.54, 1.807) is 30.3 Å². The van der Waals surface area contributed by atoms with Gasteiger partial charge in [0.25, 0.3) is 5.69 Å². The summed E-state index contributed by atoms with van der Waals surface area (Å²) >= 11 is 0. The Bertz CT molecular complexity index is 1170. The van der Waals surface area contributed by atoms with Crippen molar-refractivity contribution in [2.45, 2.75) is 13.2 Å². The highest BCUT2D eigenvalue weighted by Gasteiger charge is 2.30. The number of nitro benzene ring substituents is 1. The molecule has 4 rings (SSSR count). The fourth-order valence-electron chi connectivity index (χ4n) is 3.52. The minimum absolute atomic E-state index is 0.0563. The van der Waals surface area contributed by atoms with E-state index in [2.05, 4.69) is 16.0 Å². The molecule has 1 aliphatic rings. The van der Waals surface area contributed by atoms with Gasteiger partial charge in [-0.15, -0.1) is 0 Å². The zero-order chi connectivity index (χ0) is 22.0. The van der Waals surface area contributed by atoms with Crippen molar-refractivity contribution in [1.82, 2.24) is 0 Å². The number of carbonyl (C=O) groups is 1. The first-order chi connectivity index (χ1) is 14.9. The number of amides is 1. The van der Waals surface area contributed by atoms with E-state index >= 15 is 0 Å². The molecule has 1 aliphatic heterocycles. The number of non-ortho nitro benzene ring substituents is 1. The van der Waals surface area contributed by atoms with Gasteiger partial charge < -0.3 is 21.1 Å². The number of fused-ring (bicyclic) bond motifs is 1. The highest BCUT2D eigenvalue weighted by atomic mass is 16.6. The number of carbonyl (C=O) groups excluding carboxylic acids is 1. The first kappa shape index (κ1) is 20.1. The van der Waals surface area contributed by atoms with Gasteiger partial charge in [0, 0.05) is 47.3 Å². The van der Waals surface area contributed by atoms with Crippen molar-refractivity contribution in [3.63, 3.8) is 0 Å². The minimum Gasteiger partial charge on any atom is -0.369 e. The van der Waals surface area contributed by atoms with Gasteiger partial charge >= 0.3 is 0 Å². The molecule has 0 saturated carbocycles. The molecule has 1 atom stereocenters. The number of benzene rings is 3. The third-order valence-electron chi connectivity index (χ3n) is 4.88. The van der Waals surface area contributed by atoms with Gasteiger partial charge in [0.05, 0.1) is 10.6 Å². The third-order valence-corrected chi connectivity index (χ3v) is 4.88. The van der Waals surface area contributed by atoms with Crippen LogP contribution >= 0.6 is 0 Å². The first-order valence-corrected chi connectivity index (χ1v) is 9.60. The standard InChI is InChI=1S/C23H20N4O4/c1-14(28)24-16-7-9-17(10-8-16)25-22(15-5-3-2-4-6-15)21-19-13-18(27(30)31)11-12-20(19)26-23(21)29/h2-13,23,25-26,29H,1H3,(H,24,28)/b22-21-. The number of anilines is 3. The van der Waals surface area contributed by atoms with E-state index in [1.807, 2.05) is 30.3 Å². The lowest BCUT2D eigenvalue weighted by Crippen LogP contribution is -2.16. The molecule has 1 heterocycles. The number of aliphatic hydroxyl groups is 1. The van der Waals surface area contributed by atoms with Crippen LogP contribution in [0.5, 0.6) is 0 Å². The summed E-state index contributed by atoms with van der Waals surface area (Å²) in [6, 6.07) is 21.0. The molecule has 1 unspecified atom stereocenters. The van der Waals surface area contributed by atoms with Gasteiger partial charge in [-0.3, -0.25) is 14.9 Å². The Balaban J connectivity index is 1.81. The van der Waals surface area contributed by atoms with E-state index in [4.69, 9.17) is 0 Å². The van der Waals surface area contributed by atoms with Crippen LogP contribution in [0.3, 0.4) is 0 Å². The highest BCUT2D eigenvalue weighted by Crippen LogP contribution is 2.41. The molecule has 8 nitrogen and oxygen atoms in total. The van der Waals surface area contributed by atoms with Crippen molar-refractivity contribution in [1.29, 1.82) is 0 Å².